The number of fused-ring (bicyclic) bond motifs is 1. The van der Waals surface area contributed by atoms with Crippen molar-refractivity contribution in [2.45, 2.75) is 39.3 Å². The van der Waals surface area contributed by atoms with Gasteiger partial charge in [-0.25, -0.2) is 0 Å². The van der Waals surface area contributed by atoms with Gasteiger partial charge in [0.05, 0.1) is 5.69 Å². The number of nitrogens with one attached hydrogen (secondary N) is 1. The second-order valence-corrected chi connectivity index (χ2v) is 6.42. The van der Waals surface area contributed by atoms with E-state index in [2.05, 4.69) is 33.9 Å². The highest BCUT2D eigenvalue weighted by Gasteiger charge is 2.32. The number of rotatable bonds is 5. The fourth-order valence-corrected chi connectivity index (χ4v) is 3.18. The predicted octanol–water partition coefficient (Wildman–Crippen LogP) is 1.70. The predicted molar refractivity (Wildman–Crippen MR) is 79.9 cm³/mol. The Balaban J connectivity index is 1.54. The second kappa shape index (κ2) is 6.14. The Hall–Kier alpha value is -1.07. The van der Waals surface area contributed by atoms with Crippen LogP contribution in [0.4, 0.5) is 6.01 Å². The number of hydrogen-bond donors (Lipinski definition) is 1. The Kier molecular flexibility index (Phi) is 4.27. The molecular weight excluding hydrogens is 252 g/mol. The molecule has 5 heteroatoms. The lowest BCUT2D eigenvalue weighted by Crippen LogP contribution is -2.50. The van der Waals surface area contributed by atoms with Gasteiger partial charge in [0.2, 0.25) is 0 Å². The lowest BCUT2D eigenvalue weighted by molar-refractivity contribution is 0.226. The summed E-state index contributed by atoms with van der Waals surface area (Å²) in [5.74, 6) is 0.664. The van der Waals surface area contributed by atoms with Crippen molar-refractivity contribution in [2.24, 2.45) is 5.92 Å². The SMILES string of the molecule is CC(C)CNCc1coc(N2CCN3CCCC3C2)n1. The van der Waals surface area contributed by atoms with Crippen LogP contribution in [0.25, 0.3) is 0 Å². The van der Waals surface area contributed by atoms with Crippen LogP contribution in [-0.2, 0) is 6.54 Å². The lowest BCUT2D eigenvalue weighted by Gasteiger charge is -2.36. The van der Waals surface area contributed by atoms with Crippen molar-refractivity contribution in [3.8, 4) is 0 Å². The van der Waals surface area contributed by atoms with Crippen LogP contribution < -0.4 is 10.2 Å². The van der Waals surface area contributed by atoms with Gasteiger partial charge in [-0.2, -0.15) is 4.98 Å². The normalized spacial score (nSPS) is 23.6. The first-order valence-corrected chi connectivity index (χ1v) is 7.86. The van der Waals surface area contributed by atoms with E-state index in [0.717, 1.165) is 44.4 Å². The van der Waals surface area contributed by atoms with Crippen molar-refractivity contribution < 1.29 is 4.42 Å². The third-order valence-corrected chi connectivity index (χ3v) is 4.26. The van der Waals surface area contributed by atoms with E-state index in [1.165, 1.54) is 19.4 Å². The van der Waals surface area contributed by atoms with Crippen LogP contribution in [0.3, 0.4) is 0 Å². The van der Waals surface area contributed by atoms with Crippen LogP contribution >= 0.6 is 0 Å². The molecular formula is C15H26N4O. The first-order valence-electron chi connectivity index (χ1n) is 7.86. The van der Waals surface area contributed by atoms with Gasteiger partial charge < -0.3 is 14.6 Å². The average molecular weight is 278 g/mol. The Morgan fingerprint density at radius 3 is 3.15 bits per heavy atom. The number of nitrogens with zero attached hydrogens (tertiary/aromatic N) is 3. The fraction of sp³-hybridized carbons (Fsp3) is 0.800. The highest BCUT2D eigenvalue weighted by atomic mass is 16.4. The molecule has 1 N–H and O–H groups in total. The van der Waals surface area contributed by atoms with Gasteiger partial charge in [-0.1, -0.05) is 13.8 Å². The molecule has 1 unspecified atom stereocenters. The van der Waals surface area contributed by atoms with E-state index in [9.17, 15) is 0 Å². The summed E-state index contributed by atoms with van der Waals surface area (Å²) < 4.78 is 5.67. The van der Waals surface area contributed by atoms with E-state index in [1.54, 1.807) is 6.26 Å². The average Bonchev–Trinajstić information content (AvgIpc) is 3.05. The molecule has 2 aliphatic rings. The zero-order chi connectivity index (χ0) is 13.9. The topological polar surface area (TPSA) is 44.5 Å². The van der Waals surface area contributed by atoms with Crippen LogP contribution in [0, 0.1) is 5.92 Å². The molecule has 0 bridgehead atoms. The molecule has 0 radical (unpaired) electrons. The maximum Gasteiger partial charge on any atom is 0.297 e. The Bertz CT molecular complexity index is 431. The molecule has 2 aliphatic heterocycles. The molecule has 1 aromatic rings. The molecule has 112 valence electrons. The van der Waals surface area contributed by atoms with Crippen molar-refractivity contribution in [1.29, 1.82) is 0 Å². The van der Waals surface area contributed by atoms with Crippen LogP contribution in [0.1, 0.15) is 32.4 Å². The number of hydrogen-bond acceptors (Lipinski definition) is 5. The second-order valence-electron chi connectivity index (χ2n) is 6.42. The molecule has 0 saturated carbocycles. The van der Waals surface area contributed by atoms with Gasteiger partial charge in [0, 0.05) is 32.2 Å². The minimum Gasteiger partial charge on any atom is -0.432 e. The summed E-state index contributed by atoms with van der Waals surface area (Å²) in [7, 11) is 0. The molecule has 1 aromatic heterocycles. The smallest absolute Gasteiger partial charge is 0.297 e. The maximum absolute atomic E-state index is 5.67. The Morgan fingerprint density at radius 2 is 2.30 bits per heavy atom. The summed E-state index contributed by atoms with van der Waals surface area (Å²) in [6.07, 6.45) is 4.46. The van der Waals surface area contributed by atoms with E-state index in [0.29, 0.717) is 12.0 Å². The number of oxazole rings is 1. The van der Waals surface area contributed by atoms with Crippen molar-refractivity contribution in [1.82, 2.24) is 15.2 Å². The Labute approximate surface area is 121 Å². The molecule has 3 heterocycles. The Morgan fingerprint density at radius 1 is 1.40 bits per heavy atom. The molecule has 2 saturated heterocycles. The van der Waals surface area contributed by atoms with Gasteiger partial charge in [-0.05, 0) is 31.8 Å². The van der Waals surface area contributed by atoms with Gasteiger partial charge in [-0.15, -0.1) is 0 Å². The molecule has 20 heavy (non-hydrogen) atoms. The lowest BCUT2D eigenvalue weighted by atomic mass is 10.2. The molecule has 1 atom stereocenters. The summed E-state index contributed by atoms with van der Waals surface area (Å²) >= 11 is 0. The van der Waals surface area contributed by atoms with E-state index >= 15 is 0 Å². The van der Waals surface area contributed by atoms with Crippen LogP contribution in [0.5, 0.6) is 0 Å². The molecule has 0 spiro atoms. The van der Waals surface area contributed by atoms with Gasteiger partial charge in [-0.3, -0.25) is 4.90 Å². The first-order chi connectivity index (χ1) is 9.72. The van der Waals surface area contributed by atoms with Crippen molar-refractivity contribution >= 4 is 6.01 Å². The summed E-state index contributed by atoms with van der Waals surface area (Å²) in [5, 5.41) is 3.41. The largest absolute Gasteiger partial charge is 0.432 e. The molecule has 5 nitrogen and oxygen atoms in total. The zero-order valence-electron chi connectivity index (χ0n) is 12.6. The van der Waals surface area contributed by atoms with E-state index in [4.69, 9.17) is 4.42 Å². The third kappa shape index (κ3) is 3.15. The quantitative estimate of drug-likeness (QED) is 0.888. The zero-order valence-corrected chi connectivity index (χ0v) is 12.6. The minimum atomic E-state index is 0.664. The summed E-state index contributed by atoms with van der Waals surface area (Å²) in [4.78, 5) is 9.53. The van der Waals surface area contributed by atoms with E-state index < -0.39 is 0 Å². The molecule has 0 aliphatic carbocycles. The van der Waals surface area contributed by atoms with Gasteiger partial charge in [0.1, 0.15) is 6.26 Å². The molecule has 3 rings (SSSR count). The van der Waals surface area contributed by atoms with Crippen molar-refractivity contribution in [3.63, 3.8) is 0 Å². The van der Waals surface area contributed by atoms with Gasteiger partial charge >= 0.3 is 0 Å². The highest BCUT2D eigenvalue weighted by molar-refractivity contribution is 5.29. The summed E-state index contributed by atoms with van der Waals surface area (Å²) in [6, 6.07) is 1.51. The first kappa shape index (κ1) is 13.9. The van der Waals surface area contributed by atoms with Crippen LogP contribution in [0.15, 0.2) is 10.7 Å². The monoisotopic (exact) mass is 278 g/mol. The van der Waals surface area contributed by atoms with Crippen LogP contribution in [-0.4, -0.2) is 48.6 Å². The van der Waals surface area contributed by atoms with Crippen molar-refractivity contribution in [3.05, 3.63) is 12.0 Å². The van der Waals surface area contributed by atoms with Crippen molar-refractivity contribution in [2.75, 3.05) is 37.6 Å². The maximum atomic E-state index is 5.67. The van der Waals surface area contributed by atoms with Crippen LogP contribution in [0.2, 0.25) is 0 Å². The van der Waals surface area contributed by atoms with Gasteiger partial charge in [0.15, 0.2) is 0 Å². The highest BCUT2D eigenvalue weighted by Crippen LogP contribution is 2.24. The number of piperazine rings is 1. The number of anilines is 1. The molecule has 0 amide bonds. The molecule has 0 aromatic carbocycles. The third-order valence-electron chi connectivity index (χ3n) is 4.26. The van der Waals surface area contributed by atoms with Gasteiger partial charge in [0.25, 0.3) is 6.01 Å². The van der Waals surface area contributed by atoms with E-state index in [1.807, 2.05) is 0 Å². The standard InChI is InChI=1S/C15H26N4O/c1-12(2)8-16-9-13-11-20-15(17-13)19-7-6-18-5-3-4-14(18)10-19/h11-12,14,16H,3-10H2,1-2H3. The number of aromatic nitrogens is 1. The molecule has 2 fully saturated rings. The summed E-state index contributed by atoms with van der Waals surface area (Å²) in [5.41, 5.74) is 1.01. The summed E-state index contributed by atoms with van der Waals surface area (Å²) in [6.45, 7) is 10.8. The minimum absolute atomic E-state index is 0.664. The fourth-order valence-electron chi connectivity index (χ4n) is 3.18. The van der Waals surface area contributed by atoms with E-state index in [-0.39, 0.29) is 0 Å².